The molecule has 0 atom stereocenters. The Morgan fingerprint density at radius 2 is 2.25 bits per heavy atom. The molecule has 4 heteroatoms. The highest BCUT2D eigenvalue weighted by Crippen LogP contribution is 2.16. The van der Waals surface area contributed by atoms with Crippen molar-refractivity contribution >= 4 is 0 Å². The molecule has 2 rings (SSSR count). The molecule has 66 valence electrons. The minimum absolute atomic E-state index is 0.424. The van der Waals surface area contributed by atoms with E-state index >= 15 is 0 Å². The van der Waals surface area contributed by atoms with Gasteiger partial charge in [0.2, 0.25) is 0 Å². The second-order valence-electron chi connectivity index (χ2n) is 3.34. The molecule has 0 radical (unpaired) electrons. The van der Waals surface area contributed by atoms with Gasteiger partial charge >= 0.3 is 0 Å². The predicted octanol–water partition coefficient (Wildman–Crippen LogP) is 0.932. The van der Waals surface area contributed by atoms with E-state index in [-0.39, 0.29) is 0 Å². The van der Waals surface area contributed by atoms with Crippen molar-refractivity contribution in [2.24, 2.45) is 0 Å². The van der Waals surface area contributed by atoms with Crippen LogP contribution < -0.4 is 0 Å². The maximum absolute atomic E-state index is 5.33. The van der Waals surface area contributed by atoms with Crippen LogP contribution in [0.5, 0.6) is 0 Å². The summed E-state index contributed by atoms with van der Waals surface area (Å²) in [4.78, 5) is 0. The SMILES string of the molecule is CC(C)c1nnc2n1COCC2. The zero-order chi connectivity index (χ0) is 8.55. The Kier molecular flexibility index (Phi) is 1.84. The molecule has 0 aromatic carbocycles. The van der Waals surface area contributed by atoms with Crippen molar-refractivity contribution in [1.29, 1.82) is 0 Å². The third-order valence-corrected chi connectivity index (χ3v) is 2.06. The average molecular weight is 167 g/mol. The van der Waals surface area contributed by atoms with E-state index in [1.54, 1.807) is 0 Å². The van der Waals surface area contributed by atoms with Crippen molar-refractivity contribution < 1.29 is 4.74 Å². The molecule has 0 spiro atoms. The molecule has 0 bridgehead atoms. The second kappa shape index (κ2) is 2.86. The summed E-state index contributed by atoms with van der Waals surface area (Å²) in [5, 5.41) is 8.24. The van der Waals surface area contributed by atoms with E-state index < -0.39 is 0 Å². The average Bonchev–Trinajstić information content (AvgIpc) is 2.47. The van der Waals surface area contributed by atoms with Crippen molar-refractivity contribution in [3.63, 3.8) is 0 Å². The standard InChI is InChI=1S/C8H13N3O/c1-6(2)8-10-9-7-3-4-12-5-11(7)8/h6H,3-5H2,1-2H3. The zero-order valence-corrected chi connectivity index (χ0v) is 7.45. The van der Waals surface area contributed by atoms with Crippen LogP contribution in [0.15, 0.2) is 0 Å². The van der Waals surface area contributed by atoms with Gasteiger partial charge in [-0.3, -0.25) is 4.57 Å². The fourth-order valence-corrected chi connectivity index (χ4v) is 1.42. The van der Waals surface area contributed by atoms with Gasteiger partial charge in [0, 0.05) is 12.3 Å². The highest BCUT2D eigenvalue weighted by atomic mass is 16.5. The van der Waals surface area contributed by atoms with Crippen LogP contribution in [-0.4, -0.2) is 21.4 Å². The summed E-state index contributed by atoms with van der Waals surface area (Å²) in [6.07, 6.45) is 0.889. The van der Waals surface area contributed by atoms with Crippen LogP contribution in [0, 0.1) is 0 Å². The normalized spacial score (nSPS) is 16.6. The molecule has 0 amide bonds. The van der Waals surface area contributed by atoms with E-state index in [1.807, 2.05) is 0 Å². The third kappa shape index (κ3) is 1.12. The lowest BCUT2D eigenvalue weighted by molar-refractivity contribution is 0.0533. The Bertz CT molecular complexity index is 280. The fourth-order valence-electron chi connectivity index (χ4n) is 1.42. The summed E-state index contributed by atoms with van der Waals surface area (Å²) in [6, 6.07) is 0. The van der Waals surface area contributed by atoms with Crippen molar-refractivity contribution in [2.45, 2.75) is 32.9 Å². The molecule has 0 unspecified atom stereocenters. The summed E-state index contributed by atoms with van der Waals surface area (Å²) in [7, 11) is 0. The smallest absolute Gasteiger partial charge is 0.137 e. The minimum atomic E-state index is 0.424. The molecule has 12 heavy (non-hydrogen) atoms. The Balaban J connectivity index is 2.38. The molecule has 1 aliphatic heterocycles. The maximum Gasteiger partial charge on any atom is 0.137 e. The Hall–Kier alpha value is -0.900. The number of hydrogen-bond donors (Lipinski definition) is 0. The molecule has 2 heterocycles. The highest BCUT2D eigenvalue weighted by Gasteiger charge is 2.17. The monoisotopic (exact) mass is 167 g/mol. The van der Waals surface area contributed by atoms with Crippen LogP contribution >= 0.6 is 0 Å². The lowest BCUT2D eigenvalue weighted by Crippen LogP contribution is -2.18. The first-order chi connectivity index (χ1) is 5.79. The molecule has 0 saturated heterocycles. The number of aromatic nitrogens is 3. The van der Waals surface area contributed by atoms with E-state index in [0.29, 0.717) is 12.6 Å². The fraction of sp³-hybridized carbons (Fsp3) is 0.750. The van der Waals surface area contributed by atoms with Gasteiger partial charge in [0.1, 0.15) is 18.4 Å². The van der Waals surface area contributed by atoms with E-state index in [2.05, 4.69) is 28.6 Å². The Morgan fingerprint density at radius 3 is 3.00 bits per heavy atom. The van der Waals surface area contributed by atoms with Crippen LogP contribution in [-0.2, 0) is 17.9 Å². The highest BCUT2D eigenvalue weighted by molar-refractivity contribution is 5.00. The molecule has 1 aromatic heterocycles. The number of rotatable bonds is 1. The van der Waals surface area contributed by atoms with Crippen molar-refractivity contribution in [3.8, 4) is 0 Å². The van der Waals surface area contributed by atoms with Gasteiger partial charge in [-0.05, 0) is 0 Å². The predicted molar refractivity (Wildman–Crippen MR) is 43.8 cm³/mol. The van der Waals surface area contributed by atoms with Crippen molar-refractivity contribution in [2.75, 3.05) is 6.61 Å². The summed E-state index contributed by atoms with van der Waals surface area (Å²) in [5.41, 5.74) is 0. The van der Waals surface area contributed by atoms with Gasteiger partial charge in [-0.1, -0.05) is 13.8 Å². The molecule has 0 aliphatic carbocycles. The number of nitrogens with zero attached hydrogens (tertiary/aromatic N) is 3. The lowest BCUT2D eigenvalue weighted by atomic mass is 10.2. The minimum Gasteiger partial charge on any atom is -0.360 e. The molecule has 1 aliphatic rings. The number of ether oxygens (including phenoxy) is 1. The van der Waals surface area contributed by atoms with Crippen molar-refractivity contribution in [3.05, 3.63) is 11.6 Å². The molecule has 0 fully saturated rings. The Labute approximate surface area is 71.6 Å². The maximum atomic E-state index is 5.33. The van der Waals surface area contributed by atoms with E-state index in [9.17, 15) is 0 Å². The van der Waals surface area contributed by atoms with Gasteiger partial charge in [0.25, 0.3) is 0 Å². The van der Waals surface area contributed by atoms with Crippen LogP contribution in [0.2, 0.25) is 0 Å². The molecular weight excluding hydrogens is 154 g/mol. The van der Waals surface area contributed by atoms with Gasteiger partial charge in [-0.2, -0.15) is 0 Å². The third-order valence-electron chi connectivity index (χ3n) is 2.06. The summed E-state index contributed by atoms with van der Waals surface area (Å²) in [5.74, 6) is 2.52. The van der Waals surface area contributed by atoms with Gasteiger partial charge in [-0.25, -0.2) is 0 Å². The van der Waals surface area contributed by atoms with Gasteiger partial charge in [-0.15, -0.1) is 10.2 Å². The zero-order valence-electron chi connectivity index (χ0n) is 7.45. The van der Waals surface area contributed by atoms with Gasteiger partial charge in [0.15, 0.2) is 0 Å². The molecule has 0 N–H and O–H groups in total. The summed E-state index contributed by atoms with van der Waals surface area (Å²) < 4.78 is 7.39. The number of fused-ring (bicyclic) bond motifs is 1. The number of hydrogen-bond acceptors (Lipinski definition) is 3. The van der Waals surface area contributed by atoms with Crippen LogP contribution in [0.25, 0.3) is 0 Å². The van der Waals surface area contributed by atoms with Crippen LogP contribution in [0.3, 0.4) is 0 Å². The largest absolute Gasteiger partial charge is 0.360 e. The first kappa shape index (κ1) is 7.73. The van der Waals surface area contributed by atoms with E-state index in [1.165, 1.54) is 0 Å². The van der Waals surface area contributed by atoms with Crippen LogP contribution in [0.4, 0.5) is 0 Å². The molecular formula is C8H13N3O. The molecule has 4 nitrogen and oxygen atoms in total. The first-order valence-corrected chi connectivity index (χ1v) is 4.28. The summed E-state index contributed by atoms with van der Waals surface area (Å²) in [6.45, 7) is 5.63. The second-order valence-corrected chi connectivity index (χ2v) is 3.34. The molecule has 0 saturated carbocycles. The summed E-state index contributed by atoms with van der Waals surface area (Å²) >= 11 is 0. The van der Waals surface area contributed by atoms with Gasteiger partial charge < -0.3 is 4.74 Å². The lowest BCUT2D eigenvalue weighted by Gasteiger charge is -2.16. The first-order valence-electron chi connectivity index (χ1n) is 4.28. The Morgan fingerprint density at radius 1 is 1.42 bits per heavy atom. The molecule has 1 aromatic rings. The van der Waals surface area contributed by atoms with Crippen LogP contribution in [0.1, 0.15) is 31.4 Å². The van der Waals surface area contributed by atoms with E-state index in [0.717, 1.165) is 24.7 Å². The topological polar surface area (TPSA) is 39.9 Å². The van der Waals surface area contributed by atoms with Crippen molar-refractivity contribution in [1.82, 2.24) is 14.8 Å². The van der Waals surface area contributed by atoms with E-state index in [4.69, 9.17) is 4.74 Å². The van der Waals surface area contributed by atoms with Gasteiger partial charge in [0.05, 0.1) is 6.61 Å². The quantitative estimate of drug-likeness (QED) is 0.624.